The highest BCUT2D eigenvalue weighted by molar-refractivity contribution is 4.99. The van der Waals surface area contributed by atoms with Crippen molar-refractivity contribution >= 4 is 0 Å². The Kier molecular flexibility index (Phi) is 3.92. The average molecular weight is 252 g/mol. The number of ether oxygens (including phenoxy) is 1. The molecule has 3 rings (SSSR count). The van der Waals surface area contributed by atoms with E-state index >= 15 is 0 Å². The summed E-state index contributed by atoms with van der Waals surface area (Å²) >= 11 is 0. The maximum Gasteiger partial charge on any atom is 0.0507 e. The molecular formula is C15H28N2O. The molecule has 2 aliphatic heterocycles. The molecule has 3 nitrogen and oxygen atoms in total. The SMILES string of the molecule is CC1CNC2(CCCCC2)CN1CC1CCOC1. The first-order valence-electron chi connectivity index (χ1n) is 7.84. The van der Waals surface area contributed by atoms with Crippen LogP contribution in [-0.4, -0.2) is 49.3 Å². The fourth-order valence-corrected chi connectivity index (χ4v) is 3.96. The summed E-state index contributed by atoms with van der Waals surface area (Å²) < 4.78 is 5.53. The van der Waals surface area contributed by atoms with Gasteiger partial charge in [0.2, 0.25) is 0 Å². The number of nitrogens with zero attached hydrogens (tertiary/aromatic N) is 1. The topological polar surface area (TPSA) is 24.5 Å². The summed E-state index contributed by atoms with van der Waals surface area (Å²) in [6.07, 6.45) is 8.32. The summed E-state index contributed by atoms with van der Waals surface area (Å²) in [6.45, 7) is 8.04. The quantitative estimate of drug-likeness (QED) is 0.814. The molecule has 0 bridgehead atoms. The molecule has 3 heteroatoms. The summed E-state index contributed by atoms with van der Waals surface area (Å²) in [4.78, 5) is 2.74. The van der Waals surface area contributed by atoms with E-state index < -0.39 is 0 Å². The van der Waals surface area contributed by atoms with Gasteiger partial charge in [-0.2, -0.15) is 0 Å². The highest BCUT2D eigenvalue weighted by atomic mass is 16.5. The molecule has 0 aromatic heterocycles. The van der Waals surface area contributed by atoms with Gasteiger partial charge in [0.1, 0.15) is 0 Å². The van der Waals surface area contributed by atoms with E-state index in [0.29, 0.717) is 11.6 Å². The normalized spacial score (nSPS) is 37.2. The van der Waals surface area contributed by atoms with Gasteiger partial charge in [-0.3, -0.25) is 4.90 Å². The lowest BCUT2D eigenvalue weighted by atomic mass is 9.79. The van der Waals surface area contributed by atoms with Crippen LogP contribution in [0.2, 0.25) is 0 Å². The van der Waals surface area contributed by atoms with E-state index in [1.165, 1.54) is 58.2 Å². The largest absolute Gasteiger partial charge is 0.381 e. The van der Waals surface area contributed by atoms with E-state index in [4.69, 9.17) is 4.74 Å². The molecule has 1 N–H and O–H groups in total. The second kappa shape index (κ2) is 5.48. The van der Waals surface area contributed by atoms with Crippen LogP contribution in [-0.2, 0) is 4.74 Å². The molecule has 0 aromatic rings. The zero-order valence-corrected chi connectivity index (χ0v) is 11.8. The molecule has 3 aliphatic rings. The second-order valence-corrected chi connectivity index (χ2v) is 6.73. The molecule has 2 atom stereocenters. The van der Waals surface area contributed by atoms with Gasteiger partial charge >= 0.3 is 0 Å². The van der Waals surface area contributed by atoms with E-state index in [-0.39, 0.29) is 0 Å². The van der Waals surface area contributed by atoms with Crippen LogP contribution in [0.25, 0.3) is 0 Å². The Morgan fingerprint density at radius 1 is 1.28 bits per heavy atom. The predicted octanol–water partition coefficient (Wildman–Crippen LogP) is 2.02. The van der Waals surface area contributed by atoms with E-state index in [1.54, 1.807) is 0 Å². The van der Waals surface area contributed by atoms with Crippen molar-refractivity contribution in [3.8, 4) is 0 Å². The smallest absolute Gasteiger partial charge is 0.0507 e. The first-order valence-corrected chi connectivity index (χ1v) is 7.84. The highest BCUT2D eigenvalue weighted by Gasteiger charge is 2.39. The van der Waals surface area contributed by atoms with Crippen molar-refractivity contribution in [2.75, 3.05) is 32.8 Å². The van der Waals surface area contributed by atoms with E-state index in [1.807, 2.05) is 0 Å². The van der Waals surface area contributed by atoms with Gasteiger partial charge in [0, 0.05) is 37.8 Å². The first kappa shape index (κ1) is 12.9. The van der Waals surface area contributed by atoms with Crippen molar-refractivity contribution in [2.45, 2.75) is 57.0 Å². The van der Waals surface area contributed by atoms with Crippen molar-refractivity contribution in [3.05, 3.63) is 0 Å². The Hall–Kier alpha value is -0.120. The molecule has 104 valence electrons. The second-order valence-electron chi connectivity index (χ2n) is 6.73. The van der Waals surface area contributed by atoms with Crippen molar-refractivity contribution in [1.82, 2.24) is 10.2 Å². The third-order valence-electron chi connectivity index (χ3n) is 5.23. The number of hydrogen-bond acceptors (Lipinski definition) is 3. The van der Waals surface area contributed by atoms with Crippen LogP contribution >= 0.6 is 0 Å². The Bertz CT molecular complexity index is 270. The lowest BCUT2D eigenvalue weighted by Gasteiger charge is -2.49. The van der Waals surface area contributed by atoms with E-state index in [9.17, 15) is 0 Å². The van der Waals surface area contributed by atoms with Gasteiger partial charge in [-0.15, -0.1) is 0 Å². The summed E-state index contributed by atoms with van der Waals surface area (Å²) in [6, 6.07) is 0.693. The number of piperazine rings is 1. The third kappa shape index (κ3) is 2.73. The molecule has 1 saturated carbocycles. The van der Waals surface area contributed by atoms with Gasteiger partial charge in [-0.25, -0.2) is 0 Å². The molecule has 0 amide bonds. The van der Waals surface area contributed by atoms with Crippen LogP contribution in [0.15, 0.2) is 0 Å². The predicted molar refractivity (Wildman–Crippen MR) is 73.8 cm³/mol. The number of rotatable bonds is 2. The first-order chi connectivity index (χ1) is 8.77. The minimum absolute atomic E-state index is 0.449. The molecular weight excluding hydrogens is 224 g/mol. The van der Waals surface area contributed by atoms with Crippen LogP contribution in [0.5, 0.6) is 0 Å². The summed E-state index contributed by atoms with van der Waals surface area (Å²) in [5.74, 6) is 0.784. The number of hydrogen-bond donors (Lipinski definition) is 1. The Morgan fingerprint density at radius 2 is 2.11 bits per heavy atom. The van der Waals surface area contributed by atoms with E-state index in [2.05, 4.69) is 17.1 Å². The van der Waals surface area contributed by atoms with Gasteiger partial charge < -0.3 is 10.1 Å². The molecule has 2 unspecified atom stereocenters. The maximum atomic E-state index is 5.53. The van der Waals surface area contributed by atoms with Crippen LogP contribution in [0, 0.1) is 5.92 Å². The van der Waals surface area contributed by atoms with Gasteiger partial charge in [0.05, 0.1) is 6.61 Å². The molecule has 2 heterocycles. The zero-order chi connectivity index (χ0) is 12.4. The zero-order valence-electron chi connectivity index (χ0n) is 11.8. The molecule has 1 aliphatic carbocycles. The molecule has 3 fully saturated rings. The molecule has 18 heavy (non-hydrogen) atoms. The van der Waals surface area contributed by atoms with Crippen LogP contribution in [0.1, 0.15) is 45.4 Å². The highest BCUT2D eigenvalue weighted by Crippen LogP contribution is 2.32. The summed E-state index contributed by atoms with van der Waals surface area (Å²) in [5, 5.41) is 3.87. The maximum absolute atomic E-state index is 5.53. The van der Waals surface area contributed by atoms with Crippen molar-refractivity contribution in [2.24, 2.45) is 5.92 Å². The molecule has 0 radical (unpaired) electrons. The fraction of sp³-hybridized carbons (Fsp3) is 1.00. The average Bonchev–Trinajstić information content (AvgIpc) is 2.88. The lowest BCUT2D eigenvalue weighted by molar-refractivity contribution is 0.0491. The molecule has 2 saturated heterocycles. The molecule has 0 aromatic carbocycles. The minimum atomic E-state index is 0.449. The van der Waals surface area contributed by atoms with E-state index in [0.717, 1.165) is 19.1 Å². The Labute approximate surface area is 111 Å². The Morgan fingerprint density at radius 3 is 2.83 bits per heavy atom. The van der Waals surface area contributed by atoms with Gasteiger partial charge in [-0.05, 0) is 32.1 Å². The minimum Gasteiger partial charge on any atom is -0.381 e. The van der Waals surface area contributed by atoms with Gasteiger partial charge in [-0.1, -0.05) is 19.3 Å². The van der Waals surface area contributed by atoms with Crippen molar-refractivity contribution < 1.29 is 4.74 Å². The number of nitrogens with one attached hydrogen (secondary N) is 1. The van der Waals surface area contributed by atoms with Gasteiger partial charge in [0.15, 0.2) is 0 Å². The monoisotopic (exact) mass is 252 g/mol. The summed E-state index contributed by atoms with van der Waals surface area (Å²) in [7, 11) is 0. The lowest BCUT2D eigenvalue weighted by Crippen LogP contribution is -2.64. The van der Waals surface area contributed by atoms with Crippen molar-refractivity contribution in [1.29, 1.82) is 0 Å². The molecule has 1 spiro atoms. The standard InChI is InChI=1S/C15H28N2O/c1-13-9-16-15(6-3-2-4-7-15)12-17(13)10-14-5-8-18-11-14/h13-14,16H,2-12H2,1H3. The van der Waals surface area contributed by atoms with Gasteiger partial charge in [0.25, 0.3) is 0 Å². The van der Waals surface area contributed by atoms with Crippen LogP contribution in [0.4, 0.5) is 0 Å². The summed E-state index contributed by atoms with van der Waals surface area (Å²) in [5.41, 5.74) is 0.449. The fourth-order valence-electron chi connectivity index (χ4n) is 3.96. The van der Waals surface area contributed by atoms with Crippen LogP contribution in [0.3, 0.4) is 0 Å². The Balaban J connectivity index is 1.60. The third-order valence-corrected chi connectivity index (χ3v) is 5.23. The van der Waals surface area contributed by atoms with Crippen LogP contribution < -0.4 is 5.32 Å². The van der Waals surface area contributed by atoms with Crippen molar-refractivity contribution in [3.63, 3.8) is 0 Å².